The topological polar surface area (TPSA) is 88.1 Å². The smallest absolute Gasteiger partial charge is 0.303 e. The van der Waals surface area contributed by atoms with Gasteiger partial charge >= 0.3 is 17.9 Å². The molecule has 1 aliphatic heterocycles. The molecule has 0 aliphatic carbocycles. The van der Waals surface area contributed by atoms with Crippen LogP contribution in [0.15, 0.2) is 12.7 Å². The summed E-state index contributed by atoms with van der Waals surface area (Å²) in [5.74, 6) is -0.856. The van der Waals surface area contributed by atoms with Gasteiger partial charge in [0.05, 0.1) is 6.10 Å². The molecule has 1 fully saturated rings. The van der Waals surface area contributed by atoms with Crippen LogP contribution < -0.4 is 0 Å². The molecule has 0 aromatic carbocycles. The monoisotopic (exact) mass is 374 g/mol. The first-order valence-electron chi connectivity index (χ1n) is 8.15. The molecule has 0 aromatic rings. The summed E-state index contributed by atoms with van der Waals surface area (Å²) in [5.41, 5.74) is -0.528. The molecule has 142 valence electrons. The van der Waals surface area contributed by atoms with Gasteiger partial charge < -0.3 is 18.9 Å². The van der Waals surface area contributed by atoms with Crippen molar-refractivity contribution in [3.63, 3.8) is 0 Å². The van der Waals surface area contributed by atoms with Crippen LogP contribution in [0.5, 0.6) is 0 Å². The molecule has 1 aliphatic rings. The van der Waals surface area contributed by atoms with E-state index >= 15 is 0 Å². The minimum absolute atomic E-state index is 0.517. The van der Waals surface area contributed by atoms with Crippen LogP contribution >= 0.6 is 11.8 Å². The quantitative estimate of drug-likeness (QED) is 0.277. The molecule has 1 rings (SSSR count). The molecule has 25 heavy (non-hydrogen) atoms. The number of allylic oxidation sites excluding steroid dienone is 1. The molecule has 0 saturated carbocycles. The van der Waals surface area contributed by atoms with Crippen molar-refractivity contribution in [2.24, 2.45) is 0 Å². The maximum Gasteiger partial charge on any atom is 0.303 e. The molecule has 0 aromatic heterocycles. The average Bonchev–Trinajstić information content (AvgIpc) is 2.49. The zero-order valence-electron chi connectivity index (χ0n) is 15.1. The molecular formula is C17H26O7S. The van der Waals surface area contributed by atoms with E-state index in [1.807, 2.05) is 6.08 Å². The lowest BCUT2D eigenvalue weighted by Crippen LogP contribution is -2.59. The Kier molecular flexibility index (Phi) is 8.99. The van der Waals surface area contributed by atoms with E-state index in [0.717, 1.165) is 18.6 Å². The highest BCUT2D eigenvalue weighted by atomic mass is 32.2. The predicted octanol–water partition coefficient (Wildman–Crippen LogP) is 2.23. The highest BCUT2D eigenvalue weighted by Crippen LogP contribution is 2.34. The van der Waals surface area contributed by atoms with Crippen LogP contribution in [-0.2, 0) is 33.3 Å². The first-order chi connectivity index (χ1) is 11.8. The van der Waals surface area contributed by atoms with Crippen molar-refractivity contribution in [1.29, 1.82) is 0 Å². The van der Waals surface area contributed by atoms with Gasteiger partial charge in [-0.15, -0.1) is 18.3 Å². The molecule has 0 amide bonds. The maximum atomic E-state index is 11.5. The summed E-state index contributed by atoms with van der Waals surface area (Å²) in [6.45, 7) is 9.18. The first-order valence-corrected chi connectivity index (χ1v) is 9.20. The third-order valence-corrected chi connectivity index (χ3v) is 4.70. The van der Waals surface area contributed by atoms with Gasteiger partial charge in [-0.25, -0.2) is 0 Å². The van der Waals surface area contributed by atoms with Gasteiger partial charge in [0.1, 0.15) is 5.44 Å². The fourth-order valence-electron chi connectivity index (χ4n) is 2.53. The van der Waals surface area contributed by atoms with E-state index in [4.69, 9.17) is 18.9 Å². The lowest BCUT2D eigenvalue weighted by Gasteiger charge is -2.43. The highest BCUT2D eigenvalue weighted by Gasteiger charge is 2.50. The molecule has 0 unspecified atom stereocenters. The standard InChI is InChI=1S/C17H26O7S/c1-6-7-8-9-25-17-16(24-13(5)20)15(23-12(4)19)14(10(2)21-17)22-11(3)18/h6,10,14-17H,1,7-9H2,2-5H3/t10-,14-,15+,16+,17-/m0/s1. The number of ether oxygens (including phenoxy) is 4. The van der Waals surface area contributed by atoms with Gasteiger partial charge in [-0.3, -0.25) is 14.4 Å². The fourth-order valence-corrected chi connectivity index (χ4v) is 3.75. The number of carbonyl (C=O) groups excluding carboxylic acids is 3. The maximum absolute atomic E-state index is 11.5. The average molecular weight is 374 g/mol. The summed E-state index contributed by atoms with van der Waals surface area (Å²) in [6.07, 6.45) is 0.416. The molecule has 0 N–H and O–H groups in total. The third-order valence-electron chi connectivity index (χ3n) is 3.47. The Labute approximate surface area is 152 Å². The Morgan fingerprint density at radius 2 is 1.52 bits per heavy atom. The van der Waals surface area contributed by atoms with Crippen molar-refractivity contribution in [3.8, 4) is 0 Å². The largest absolute Gasteiger partial charge is 0.456 e. The Morgan fingerprint density at radius 3 is 2.04 bits per heavy atom. The zero-order valence-corrected chi connectivity index (χ0v) is 15.9. The van der Waals surface area contributed by atoms with Crippen LogP contribution in [0, 0.1) is 0 Å². The van der Waals surface area contributed by atoms with E-state index in [0.29, 0.717) is 0 Å². The van der Waals surface area contributed by atoms with Crippen molar-refractivity contribution in [2.75, 3.05) is 5.75 Å². The Morgan fingerprint density at radius 1 is 1.00 bits per heavy atom. The van der Waals surface area contributed by atoms with Crippen LogP contribution in [0.3, 0.4) is 0 Å². The first kappa shape index (κ1) is 21.5. The van der Waals surface area contributed by atoms with Crippen LogP contribution in [0.2, 0.25) is 0 Å². The number of hydrogen-bond donors (Lipinski definition) is 0. The molecule has 1 heterocycles. The Balaban J connectivity index is 3.00. The lowest BCUT2D eigenvalue weighted by molar-refractivity contribution is -0.229. The van der Waals surface area contributed by atoms with E-state index in [9.17, 15) is 14.4 Å². The van der Waals surface area contributed by atoms with Crippen molar-refractivity contribution in [3.05, 3.63) is 12.7 Å². The summed E-state index contributed by atoms with van der Waals surface area (Å²) >= 11 is 1.46. The van der Waals surface area contributed by atoms with Crippen molar-refractivity contribution in [1.82, 2.24) is 0 Å². The van der Waals surface area contributed by atoms with E-state index < -0.39 is 47.8 Å². The van der Waals surface area contributed by atoms with E-state index in [2.05, 4.69) is 6.58 Å². The summed E-state index contributed by atoms with van der Waals surface area (Å²) in [6, 6.07) is 0. The van der Waals surface area contributed by atoms with Gasteiger partial charge in [0.25, 0.3) is 0 Å². The van der Waals surface area contributed by atoms with Gasteiger partial charge in [0, 0.05) is 20.8 Å². The summed E-state index contributed by atoms with van der Waals surface area (Å²) in [7, 11) is 0. The molecule has 0 spiro atoms. The lowest BCUT2D eigenvalue weighted by atomic mass is 10.00. The Hall–Kier alpha value is -1.54. The number of thioether (sulfide) groups is 1. The molecule has 0 bridgehead atoms. The van der Waals surface area contributed by atoms with E-state index in [1.165, 1.54) is 32.5 Å². The number of rotatable bonds is 8. The van der Waals surface area contributed by atoms with Gasteiger partial charge in [-0.1, -0.05) is 6.08 Å². The minimum Gasteiger partial charge on any atom is -0.456 e. The second-order valence-corrected chi connectivity index (χ2v) is 6.94. The highest BCUT2D eigenvalue weighted by molar-refractivity contribution is 7.99. The zero-order chi connectivity index (χ0) is 19.0. The molecule has 0 radical (unpaired) electrons. The predicted molar refractivity (Wildman–Crippen MR) is 92.9 cm³/mol. The van der Waals surface area contributed by atoms with E-state index in [1.54, 1.807) is 6.92 Å². The number of esters is 3. The molecule has 8 heteroatoms. The van der Waals surface area contributed by atoms with Crippen LogP contribution in [0.25, 0.3) is 0 Å². The fraction of sp³-hybridized carbons (Fsp3) is 0.706. The number of carbonyl (C=O) groups is 3. The second kappa shape index (κ2) is 10.5. The molecule has 7 nitrogen and oxygen atoms in total. The van der Waals surface area contributed by atoms with Crippen molar-refractivity contribution in [2.45, 2.75) is 70.4 Å². The normalized spacial score (nSPS) is 28.7. The van der Waals surface area contributed by atoms with Crippen molar-refractivity contribution >= 4 is 29.7 Å². The van der Waals surface area contributed by atoms with Gasteiger partial charge in [0.15, 0.2) is 18.3 Å². The van der Waals surface area contributed by atoms with Gasteiger partial charge in [0.2, 0.25) is 0 Å². The van der Waals surface area contributed by atoms with Crippen LogP contribution in [-0.4, -0.2) is 53.5 Å². The van der Waals surface area contributed by atoms with Crippen molar-refractivity contribution < 1.29 is 33.3 Å². The summed E-state index contributed by atoms with van der Waals surface area (Å²) in [5, 5.41) is 0. The number of hydrogen-bond acceptors (Lipinski definition) is 8. The van der Waals surface area contributed by atoms with Crippen LogP contribution in [0.4, 0.5) is 0 Å². The molecule has 5 atom stereocenters. The van der Waals surface area contributed by atoms with Crippen LogP contribution in [0.1, 0.15) is 40.5 Å². The summed E-state index contributed by atoms with van der Waals surface area (Å²) < 4.78 is 21.9. The van der Waals surface area contributed by atoms with Gasteiger partial charge in [-0.05, 0) is 25.5 Å². The van der Waals surface area contributed by atoms with E-state index in [-0.39, 0.29) is 0 Å². The third kappa shape index (κ3) is 7.07. The molecular weight excluding hydrogens is 348 g/mol. The number of unbranched alkanes of at least 4 members (excludes halogenated alkanes) is 1. The van der Waals surface area contributed by atoms with Gasteiger partial charge in [-0.2, -0.15) is 0 Å². The minimum atomic E-state index is -0.925. The molecule has 1 saturated heterocycles. The Bertz CT molecular complexity index is 493. The SMILES string of the molecule is C=CCCCS[C@@H]1O[C@@H](C)[C@H](OC(C)=O)[C@@H](OC(C)=O)[C@H]1OC(C)=O. The second-order valence-electron chi connectivity index (χ2n) is 5.73. The summed E-state index contributed by atoms with van der Waals surface area (Å²) in [4.78, 5) is 34.5.